The van der Waals surface area contributed by atoms with Crippen LogP contribution in [0.1, 0.15) is 102 Å². The molecule has 4 rings (SSSR count). The van der Waals surface area contributed by atoms with E-state index in [4.69, 9.17) is 0 Å². The first kappa shape index (κ1) is 38.9. The summed E-state index contributed by atoms with van der Waals surface area (Å²) in [4.78, 5) is 0. The van der Waals surface area contributed by atoms with Gasteiger partial charge in [-0.3, -0.25) is 6.08 Å². The van der Waals surface area contributed by atoms with Crippen molar-refractivity contribution in [2.75, 3.05) is 0 Å². The monoisotopic (exact) mass is 644 g/mol. The smallest absolute Gasteiger partial charge is 1.00 e. The summed E-state index contributed by atoms with van der Waals surface area (Å²) >= 11 is 0. The average molecular weight is 646 g/mol. The molecule has 1 aliphatic rings. The standard InChI is InChI=1S/C35H43Si.3ClH.Ti/c1-8-12-28-19-20-35(21-28)36(32-16-9-13-29(22-32)25(2)3,33-17-10-14-30(23-33)26(4)5)34-18-11-15-31(24-34)27(6)7;;;;/h9-11,13-19,22-27H,8,12,20H2,1-7H3;3*1H;/q-1;;;;+4/p-3. The zero-order valence-corrected chi connectivity index (χ0v) is 29.8. The molecular formula is C35H43Cl3SiTi. The Morgan fingerprint density at radius 1 is 0.650 bits per heavy atom. The van der Waals surface area contributed by atoms with E-state index in [0.717, 1.165) is 19.3 Å². The molecule has 0 radical (unpaired) electrons. The van der Waals surface area contributed by atoms with Gasteiger partial charge >= 0.3 is 21.7 Å². The van der Waals surface area contributed by atoms with Crippen LogP contribution in [0.2, 0.25) is 0 Å². The number of hydrogen-bond donors (Lipinski definition) is 0. The molecule has 0 spiro atoms. The third-order valence-electron chi connectivity index (χ3n) is 7.79. The molecule has 0 bridgehead atoms. The Bertz CT molecular complexity index is 1150. The molecule has 0 heterocycles. The van der Waals surface area contributed by atoms with E-state index in [1.54, 1.807) is 0 Å². The van der Waals surface area contributed by atoms with Crippen LogP contribution in [0.15, 0.2) is 89.6 Å². The first-order valence-electron chi connectivity index (χ1n) is 13.9. The van der Waals surface area contributed by atoms with Crippen molar-refractivity contribution in [1.82, 2.24) is 0 Å². The largest absolute Gasteiger partial charge is 4.00 e. The second kappa shape index (κ2) is 17.2. The van der Waals surface area contributed by atoms with Gasteiger partial charge in [-0.15, -0.1) is 0 Å². The molecule has 3 aromatic carbocycles. The number of allylic oxidation sites excluding steroid dienone is 4. The average Bonchev–Trinajstić information content (AvgIpc) is 3.34. The van der Waals surface area contributed by atoms with E-state index in [-0.39, 0.29) is 58.9 Å². The third kappa shape index (κ3) is 8.06. The van der Waals surface area contributed by atoms with Gasteiger partial charge in [0.05, 0.1) is 0 Å². The van der Waals surface area contributed by atoms with Crippen LogP contribution in [-0.4, -0.2) is 8.07 Å². The fourth-order valence-electron chi connectivity index (χ4n) is 5.62. The summed E-state index contributed by atoms with van der Waals surface area (Å²) in [7, 11) is -2.54. The Morgan fingerprint density at radius 3 is 1.35 bits per heavy atom. The maximum atomic E-state index is 4.01. The van der Waals surface area contributed by atoms with Gasteiger partial charge in [-0.05, 0) is 50.0 Å². The van der Waals surface area contributed by atoms with E-state index in [1.807, 2.05) is 0 Å². The number of rotatable bonds is 9. The minimum Gasteiger partial charge on any atom is -1.00 e. The van der Waals surface area contributed by atoms with Gasteiger partial charge in [0, 0.05) is 0 Å². The van der Waals surface area contributed by atoms with Gasteiger partial charge in [0.15, 0.2) is 8.07 Å². The predicted octanol–water partition coefficient (Wildman–Crippen LogP) is -1.06. The molecule has 0 aromatic heterocycles. The normalized spacial score (nSPS) is 12.7. The Labute approximate surface area is 278 Å². The van der Waals surface area contributed by atoms with Crippen LogP contribution in [0.5, 0.6) is 0 Å². The summed E-state index contributed by atoms with van der Waals surface area (Å²) < 4.78 is 0. The minimum atomic E-state index is -2.54. The van der Waals surface area contributed by atoms with E-state index >= 15 is 0 Å². The summed E-state index contributed by atoms with van der Waals surface area (Å²) in [6.45, 7) is 16.1. The van der Waals surface area contributed by atoms with Crippen LogP contribution >= 0.6 is 0 Å². The first-order chi connectivity index (χ1) is 17.3. The van der Waals surface area contributed by atoms with E-state index < -0.39 is 8.07 Å². The van der Waals surface area contributed by atoms with Crippen LogP contribution in [0, 0.1) is 6.08 Å². The van der Waals surface area contributed by atoms with Crippen molar-refractivity contribution < 1.29 is 58.9 Å². The Hall–Kier alpha value is -1.06. The van der Waals surface area contributed by atoms with Crippen LogP contribution < -0.4 is 52.8 Å². The molecule has 3 aromatic rings. The molecule has 40 heavy (non-hydrogen) atoms. The fraction of sp³-hybridized carbons (Fsp3) is 0.371. The second-order valence-electron chi connectivity index (χ2n) is 11.4. The zero-order valence-electron chi connectivity index (χ0n) is 25.0. The van der Waals surface area contributed by atoms with Crippen molar-refractivity contribution in [3.63, 3.8) is 0 Å². The molecule has 0 nitrogen and oxygen atoms in total. The Kier molecular flexibility index (Phi) is 16.7. The van der Waals surface area contributed by atoms with Gasteiger partial charge < -0.3 is 37.2 Å². The van der Waals surface area contributed by atoms with Crippen molar-refractivity contribution in [3.8, 4) is 0 Å². The van der Waals surface area contributed by atoms with Gasteiger partial charge in [-0.25, -0.2) is 11.6 Å². The molecule has 0 saturated carbocycles. The number of benzene rings is 3. The van der Waals surface area contributed by atoms with E-state index in [2.05, 4.69) is 133 Å². The fourth-order valence-corrected chi connectivity index (χ4v) is 10.6. The Balaban J connectivity index is 0.00000380. The van der Waals surface area contributed by atoms with Crippen LogP contribution in [0.25, 0.3) is 0 Å². The van der Waals surface area contributed by atoms with E-state index in [1.165, 1.54) is 43.0 Å². The molecule has 0 unspecified atom stereocenters. The summed E-state index contributed by atoms with van der Waals surface area (Å²) in [5.74, 6) is 1.49. The van der Waals surface area contributed by atoms with Crippen molar-refractivity contribution in [2.24, 2.45) is 0 Å². The van der Waals surface area contributed by atoms with Crippen molar-refractivity contribution >= 4 is 23.6 Å². The van der Waals surface area contributed by atoms with Gasteiger partial charge in [0.1, 0.15) is 0 Å². The second-order valence-corrected chi connectivity index (χ2v) is 15.2. The molecule has 0 fully saturated rings. The van der Waals surface area contributed by atoms with Crippen molar-refractivity contribution in [2.45, 2.75) is 85.5 Å². The van der Waals surface area contributed by atoms with Gasteiger partial charge in [0.2, 0.25) is 0 Å². The summed E-state index contributed by atoms with van der Waals surface area (Å²) in [6.07, 6.45) is 9.74. The molecule has 212 valence electrons. The molecule has 0 saturated heterocycles. The molecular weight excluding hydrogens is 603 g/mol. The summed E-state index contributed by atoms with van der Waals surface area (Å²) in [6, 6.07) is 28.6. The molecule has 5 heteroatoms. The van der Waals surface area contributed by atoms with Crippen molar-refractivity contribution in [1.29, 1.82) is 0 Å². The maximum absolute atomic E-state index is 4.01. The van der Waals surface area contributed by atoms with Crippen LogP contribution in [0.3, 0.4) is 0 Å². The van der Waals surface area contributed by atoms with Crippen LogP contribution in [0.4, 0.5) is 0 Å². The topological polar surface area (TPSA) is 0 Å². The van der Waals surface area contributed by atoms with Crippen molar-refractivity contribution in [3.05, 3.63) is 112 Å². The quantitative estimate of drug-likeness (QED) is 0.158. The van der Waals surface area contributed by atoms with Gasteiger partial charge in [0.25, 0.3) is 0 Å². The number of hydrogen-bond acceptors (Lipinski definition) is 0. The van der Waals surface area contributed by atoms with Gasteiger partial charge in [-0.1, -0.05) is 141 Å². The van der Waals surface area contributed by atoms with Gasteiger partial charge in [-0.2, -0.15) is 5.20 Å². The zero-order chi connectivity index (χ0) is 25.9. The molecule has 0 atom stereocenters. The minimum absolute atomic E-state index is 0. The SMILES string of the molecule is CCCC1=CCC([Si](c2cccc(C(C)C)c2)(c2cccc(C(C)C)c2)c2cccc(C(C)C)c2)=[C-]1.[Cl-].[Cl-].[Cl-].[Ti+4]. The molecule has 0 amide bonds. The summed E-state index contributed by atoms with van der Waals surface area (Å²) in [5, 5.41) is 5.98. The Morgan fingerprint density at radius 2 is 1.02 bits per heavy atom. The predicted molar refractivity (Wildman–Crippen MR) is 161 cm³/mol. The maximum Gasteiger partial charge on any atom is 4.00 e. The third-order valence-corrected chi connectivity index (χ3v) is 12.6. The van der Waals surface area contributed by atoms with E-state index in [0.29, 0.717) is 17.8 Å². The van der Waals surface area contributed by atoms with E-state index in [9.17, 15) is 0 Å². The molecule has 0 N–H and O–H groups in total. The molecule has 1 aliphatic carbocycles. The van der Waals surface area contributed by atoms with Crippen LogP contribution in [-0.2, 0) is 21.7 Å². The number of halogens is 3. The molecule has 0 aliphatic heterocycles. The first-order valence-corrected chi connectivity index (χ1v) is 15.9. The summed E-state index contributed by atoms with van der Waals surface area (Å²) in [5.41, 5.74) is 5.66.